The lowest BCUT2D eigenvalue weighted by atomic mass is 9.90. The molecule has 2 rings (SSSR count). The quantitative estimate of drug-likeness (QED) is 0.641. The third-order valence-corrected chi connectivity index (χ3v) is 4.04. The van der Waals surface area contributed by atoms with Crippen LogP contribution in [0.25, 0.3) is 0 Å². The van der Waals surface area contributed by atoms with Crippen LogP contribution < -0.4 is 10.2 Å². The molecule has 8 heteroatoms. The molecule has 0 spiro atoms. The lowest BCUT2D eigenvalue weighted by Crippen LogP contribution is -2.51. The largest absolute Gasteiger partial charge is 0.465 e. The maximum Gasteiger partial charge on any atom is 0.317 e. The van der Waals surface area contributed by atoms with Crippen LogP contribution in [0.3, 0.4) is 0 Å². The molecule has 2 amide bonds. The van der Waals surface area contributed by atoms with E-state index in [-0.39, 0.29) is 30.9 Å². The fourth-order valence-corrected chi connectivity index (χ4v) is 2.88. The van der Waals surface area contributed by atoms with E-state index in [0.29, 0.717) is 17.4 Å². The van der Waals surface area contributed by atoms with Crippen LogP contribution >= 0.6 is 11.3 Å². The van der Waals surface area contributed by atoms with Gasteiger partial charge in [-0.1, -0.05) is 0 Å². The van der Waals surface area contributed by atoms with Gasteiger partial charge in [-0.2, -0.15) is 0 Å². The standard InChI is InChI=1S/C13H17N3O4S/c1-4-20-11(19)13(2,3)8-7-21-12(14-8)16-5-9(17)15-10(18)6-16/h7H,4-6H2,1-3H3,(H,15,17,18). The minimum absolute atomic E-state index is 0.0819. The first-order valence-electron chi connectivity index (χ1n) is 6.55. The predicted octanol–water partition coefficient (Wildman–Crippen LogP) is 0.447. The second-order valence-electron chi connectivity index (χ2n) is 5.19. The highest BCUT2D eigenvalue weighted by Gasteiger charge is 2.35. The van der Waals surface area contributed by atoms with Crippen molar-refractivity contribution in [2.45, 2.75) is 26.2 Å². The highest BCUT2D eigenvalue weighted by atomic mass is 32.1. The van der Waals surface area contributed by atoms with Gasteiger partial charge >= 0.3 is 5.97 Å². The molecular weight excluding hydrogens is 294 g/mol. The van der Waals surface area contributed by atoms with Crippen molar-refractivity contribution in [1.29, 1.82) is 0 Å². The number of hydrogen-bond donors (Lipinski definition) is 1. The van der Waals surface area contributed by atoms with Crippen LogP contribution in [-0.2, 0) is 24.5 Å². The highest BCUT2D eigenvalue weighted by Crippen LogP contribution is 2.30. The SMILES string of the molecule is CCOC(=O)C(C)(C)c1csc(N2CC(=O)NC(=O)C2)n1. The first-order valence-corrected chi connectivity index (χ1v) is 7.43. The smallest absolute Gasteiger partial charge is 0.317 e. The van der Waals surface area contributed by atoms with Gasteiger partial charge in [0.2, 0.25) is 11.8 Å². The van der Waals surface area contributed by atoms with Crippen LogP contribution in [0.15, 0.2) is 5.38 Å². The van der Waals surface area contributed by atoms with Crippen molar-refractivity contribution in [3.63, 3.8) is 0 Å². The second-order valence-corrected chi connectivity index (χ2v) is 6.02. The summed E-state index contributed by atoms with van der Waals surface area (Å²) in [6.07, 6.45) is 0. The van der Waals surface area contributed by atoms with Gasteiger partial charge in [-0.25, -0.2) is 4.98 Å². The van der Waals surface area contributed by atoms with Crippen LogP contribution in [0, 0.1) is 0 Å². The maximum atomic E-state index is 12.0. The zero-order valence-electron chi connectivity index (χ0n) is 12.1. The van der Waals surface area contributed by atoms with Gasteiger partial charge in [-0.15, -0.1) is 11.3 Å². The average molecular weight is 311 g/mol. The number of ether oxygens (including phenoxy) is 1. The molecule has 2 heterocycles. The zero-order chi connectivity index (χ0) is 15.6. The molecule has 0 radical (unpaired) electrons. The zero-order valence-corrected chi connectivity index (χ0v) is 13.0. The molecule has 1 N–H and O–H groups in total. The molecule has 1 aliphatic heterocycles. The number of carbonyl (C=O) groups is 3. The van der Waals surface area contributed by atoms with Gasteiger partial charge in [0.25, 0.3) is 0 Å². The summed E-state index contributed by atoms with van der Waals surface area (Å²) in [4.78, 5) is 40.7. The number of aromatic nitrogens is 1. The first kappa shape index (κ1) is 15.4. The number of hydrogen-bond acceptors (Lipinski definition) is 7. The van der Waals surface area contributed by atoms with Crippen LogP contribution in [0.1, 0.15) is 26.5 Å². The molecule has 1 saturated heterocycles. The third-order valence-electron chi connectivity index (χ3n) is 3.14. The van der Waals surface area contributed by atoms with E-state index in [1.165, 1.54) is 11.3 Å². The molecule has 114 valence electrons. The molecule has 1 fully saturated rings. The minimum atomic E-state index is -0.868. The molecular formula is C13H17N3O4S. The second kappa shape index (κ2) is 5.80. The van der Waals surface area contributed by atoms with Crippen LogP contribution in [0.2, 0.25) is 0 Å². The van der Waals surface area contributed by atoms with Gasteiger partial charge in [0.05, 0.1) is 12.3 Å². The number of esters is 1. The minimum Gasteiger partial charge on any atom is -0.465 e. The molecule has 1 aromatic heterocycles. The van der Waals surface area contributed by atoms with Crippen molar-refractivity contribution < 1.29 is 19.1 Å². The van der Waals surface area contributed by atoms with Gasteiger partial charge in [0.1, 0.15) is 18.5 Å². The van der Waals surface area contributed by atoms with E-state index in [0.717, 1.165) is 0 Å². The first-order chi connectivity index (χ1) is 9.84. The van der Waals surface area contributed by atoms with Crippen molar-refractivity contribution in [1.82, 2.24) is 10.3 Å². The van der Waals surface area contributed by atoms with E-state index in [9.17, 15) is 14.4 Å². The summed E-state index contributed by atoms with van der Waals surface area (Å²) in [6.45, 7) is 5.69. The lowest BCUT2D eigenvalue weighted by Gasteiger charge is -2.25. The number of nitrogens with one attached hydrogen (secondary N) is 1. The number of amides is 2. The summed E-state index contributed by atoms with van der Waals surface area (Å²) >= 11 is 1.30. The Balaban J connectivity index is 2.19. The molecule has 0 aromatic carbocycles. The lowest BCUT2D eigenvalue weighted by molar-refractivity contribution is -0.149. The van der Waals surface area contributed by atoms with Crippen molar-refractivity contribution >= 4 is 34.3 Å². The number of thiazole rings is 1. The topological polar surface area (TPSA) is 88.6 Å². The van der Waals surface area contributed by atoms with Gasteiger partial charge in [-0.05, 0) is 20.8 Å². The molecule has 0 unspecified atom stereocenters. The van der Waals surface area contributed by atoms with Crippen molar-refractivity contribution in [2.75, 3.05) is 24.6 Å². The number of anilines is 1. The molecule has 0 atom stereocenters. The fourth-order valence-electron chi connectivity index (χ4n) is 1.89. The van der Waals surface area contributed by atoms with E-state index < -0.39 is 5.41 Å². The molecule has 1 aromatic rings. The Bertz CT molecular complexity index is 566. The Hall–Kier alpha value is -1.96. The highest BCUT2D eigenvalue weighted by molar-refractivity contribution is 7.13. The summed E-state index contributed by atoms with van der Waals surface area (Å²) in [5.41, 5.74) is -0.299. The van der Waals surface area contributed by atoms with E-state index in [1.54, 1.807) is 31.1 Å². The van der Waals surface area contributed by atoms with E-state index in [4.69, 9.17) is 4.74 Å². The number of carbonyl (C=O) groups excluding carboxylic acids is 3. The fraction of sp³-hybridized carbons (Fsp3) is 0.538. The molecule has 0 aliphatic carbocycles. The van der Waals surface area contributed by atoms with Crippen LogP contribution in [0.4, 0.5) is 5.13 Å². The van der Waals surface area contributed by atoms with Crippen LogP contribution in [0.5, 0.6) is 0 Å². The number of rotatable bonds is 4. The Kier molecular flexibility index (Phi) is 4.26. The summed E-state index contributed by atoms with van der Waals surface area (Å²) in [6, 6.07) is 0. The van der Waals surface area contributed by atoms with E-state index in [2.05, 4.69) is 10.3 Å². The van der Waals surface area contributed by atoms with Gasteiger partial charge < -0.3 is 9.64 Å². The van der Waals surface area contributed by atoms with Crippen LogP contribution in [-0.4, -0.2) is 42.5 Å². The average Bonchev–Trinajstić information content (AvgIpc) is 2.88. The number of nitrogens with zero attached hydrogens (tertiary/aromatic N) is 2. The van der Waals surface area contributed by atoms with Gasteiger partial charge in [0, 0.05) is 5.38 Å². The van der Waals surface area contributed by atoms with E-state index >= 15 is 0 Å². The Morgan fingerprint density at radius 1 is 1.43 bits per heavy atom. The monoisotopic (exact) mass is 311 g/mol. The van der Waals surface area contributed by atoms with Crippen molar-refractivity contribution in [2.24, 2.45) is 0 Å². The van der Waals surface area contributed by atoms with Gasteiger partial charge in [0.15, 0.2) is 5.13 Å². The summed E-state index contributed by atoms with van der Waals surface area (Å²) in [5.74, 6) is -1.06. The predicted molar refractivity (Wildman–Crippen MR) is 77.1 cm³/mol. The number of imide groups is 1. The molecule has 21 heavy (non-hydrogen) atoms. The summed E-state index contributed by atoms with van der Waals surface area (Å²) < 4.78 is 5.04. The third kappa shape index (κ3) is 3.21. The Morgan fingerprint density at radius 3 is 2.62 bits per heavy atom. The van der Waals surface area contributed by atoms with Crippen molar-refractivity contribution in [3.8, 4) is 0 Å². The normalized spacial score (nSPS) is 15.9. The Labute approximate surface area is 126 Å². The summed E-state index contributed by atoms with van der Waals surface area (Å²) in [7, 11) is 0. The summed E-state index contributed by atoms with van der Waals surface area (Å²) in [5, 5.41) is 4.53. The Morgan fingerprint density at radius 2 is 2.05 bits per heavy atom. The maximum absolute atomic E-state index is 12.0. The molecule has 0 saturated carbocycles. The van der Waals surface area contributed by atoms with Crippen molar-refractivity contribution in [3.05, 3.63) is 11.1 Å². The molecule has 0 bridgehead atoms. The molecule has 7 nitrogen and oxygen atoms in total. The molecule has 1 aliphatic rings. The van der Waals surface area contributed by atoms with Gasteiger partial charge in [-0.3, -0.25) is 19.7 Å². The van der Waals surface area contributed by atoms with E-state index in [1.807, 2.05) is 0 Å². The number of piperazine rings is 1.